The van der Waals surface area contributed by atoms with Gasteiger partial charge >= 0.3 is 0 Å². The van der Waals surface area contributed by atoms with Crippen LogP contribution in [0.2, 0.25) is 0 Å². The van der Waals surface area contributed by atoms with Gasteiger partial charge in [-0.25, -0.2) is 4.39 Å². The molecule has 0 aliphatic carbocycles. The van der Waals surface area contributed by atoms with Gasteiger partial charge in [-0.2, -0.15) is 0 Å². The lowest BCUT2D eigenvalue weighted by molar-refractivity contribution is -0.129. The van der Waals surface area contributed by atoms with Crippen LogP contribution < -0.4 is 10.3 Å². The third-order valence-electron chi connectivity index (χ3n) is 5.19. The van der Waals surface area contributed by atoms with Crippen molar-refractivity contribution in [3.63, 3.8) is 0 Å². The summed E-state index contributed by atoms with van der Waals surface area (Å²) < 4.78 is 18.7. The zero-order valence-corrected chi connectivity index (χ0v) is 15.4. The van der Waals surface area contributed by atoms with E-state index in [0.29, 0.717) is 29.6 Å². The van der Waals surface area contributed by atoms with Gasteiger partial charge in [-0.05, 0) is 42.3 Å². The molecule has 1 amide bonds. The Labute approximate surface area is 161 Å². The Kier molecular flexibility index (Phi) is 4.81. The normalized spacial score (nSPS) is 16.5. The molecule has 1 aromatic carbocycles. The van der Waals surface area contributed by atoms with E-state index in [1.165, 1.54) is 19.2 Å². The number of likely N-dealkylation sites (tertiary alicyclic amines) is 1. The van der Waals surface area contributed by atoms with Crippen LogP contribution in [0.4, 0.5) is 4.39 Å². The average molecular weight is 381 g/mol. The molecule has 1 aliphatic heterocycles. The first kappa shape index (κ1) is 18.2. The number of benzene rings is 1. The highest BCUT2D eigenvalue weighted by molar-refractivity contribution is 5.79. The Bertz CT molecular complexity index is 1100. The number of aromatic nitrogens is 2. The predicted octanol–water partition coefficient (Wildman–Crippen LogP) is 2.63. The van der Waals surface area contributed by atoms with E-state index in [1.807, 2.05) is 6.07 Å². The minimum atomic E-state index is -0.478. The van der Waals surface area contributed by atoms with Gasteiger partial charge < -0.3 is 14.6 Å². The molecule has 3 heterocycles. The lowest BCUT2D eigenvalue weighted by atomic mass is 10.0. The summed E-state index contributed by atoms with van der Waals surface area (Å²) in [4.78, 5) is 33.8. The van der Waals surface area contributed by atoms with Gasteiger partial charge in [0.25, 0.3) is 5.56 Å². The van der Waals surface area contributed by atoms with Crippen LogP contribution in [-0.2, 0) is 11.2 Å². The second-order valence-corrected chi connectivity index (χ2v) is 6.96. The fourth-order valence-corrected chi connectivity index (χ4v) is 3.67. The number of rotatable bonds is 4. The molecule has 0 bridgehead atoms. The minimum absolute atomic E-state index is 0.0515. The van der Waals surface area contributed by atoms with Crippen LogP contribution in [0, 0.1) is 5.82 Å². The molecule has 6 nitrogen and oxygen atoms in total. The Morgan fingerprint density at radius 2 is 2.21 bits per heavy atom. The van der Waals surface area contributed by atoms with E-state index in [9.17, 15) is 14.0 Å². The van der Waals surface area contributed by atoms with E-state index in [1.54, 1.807) is 29.3 Å². The van der Waals surface area contributed by atoms with Gasteiger partial charge in [-0.3, -0.25) is 14.6 Å². The van der Waals surface area contributed by atoms with Crippen LogP contribution in [0.5, 0.6) is 5.75 Å². The topological polar surface area (TPSA) is 75.3 Å². The molecule has 28 heavy (non-hydrogen) atoms. The van der Waals surface area contributed by atoms with Crippen molar-refractivity contribution in [2.75, 3.05) is 20.2 Å². The second-order valence-electron chi connectivity index (χ2n) is 6.96. The van der Waals surface area contributed by atoms with Crippen molar-refractivity contribution in [2.24, 2.45) is 0 Å². The standard InChI is InChI=1S/C21H20FN3O3/c1-28-19-5-4-13(9-16(19)22)10-20(26)25-8-6-14(12-25)17-11-18-15(21(27)24-17)3-2-7-23-18/h2-5,7,9,11,14H,6,8,10,12H2,1H3,(H,24,27)/t14-/m0/s1. The monoisotopic (exact) mass is 381 g/mol. The van der Waals surface area contributed by atoms with E-state index >= 15 is 0 Å². The second kappa shape index (κ2) is 7.42. The molecule has 0 spiro atoms. The zero-order chi connectivity index (χ0) is 19.7. The number of aromatic amines is 1. The number of pyridine rings is 2. The van der Waals surface area contributed by atoms with Gasteiger partial charge in [-0.15, -0.1) is 0 Å². The summed E-state index contributed by atoms with van der Waals surface area (Å²) in [6.45, 7) is 1.12. The number of methoxy groups -OCH3 is 1. The quantitative estimate of drug-likeness (QED) is 0.754. The molecule has 1 aliphatic rings. The summed E-state index contributed by atoms with van der Waals surface area (Å²) in [7, 11) is 1.40. The number of nitrogens with one attached hydrogen (secondary N) is 1. The summed E-state index contributed by atoms with van der Waals surface area (Å²) in [5.41, 5.74) is 1.89. The van der Waals surface area contributed by atoms with Gasteiger partial charge in [0.15, 0.2) is 11.6 Å². The molecular formula is C21H20FN3O3. The lowest BCUT2D eigenvalue weighted by Gasteiger charge is -2.17. The van der Waals surface area contributed by atoms with Crippen molar-refractivity contribution >= 4 is 16.8 Å². The van der Waals surface area contributed by atoms with E-state index in [-0.39, 0.29) is 29.6 Å². The number of fused-ring (bicyclic) bond motifs is 1. The Hall–Kier alpha value is -3.22. The van der Waals surface area contributed by atoms with Crippen LogP contribution >= 0.6 is 0 Å². The summed E-state index contributed by atoms with van der Waals surface area (Å²) in [6, 6.07) is 9.90. The van der Waals surface area contributed by atoms with Crippen LogP contribution in [0.15, 0.2) is 47.4 Å². The number of carbonyl (C=O) groups excluding carboxylic acids is 1. The lowest BCUT2D eigenvalue weighted by Crippen LogP contribution is -2.30. The molecule has 0 saturated carbocycles. The van der Waals surface area contributed by atoms with Crippen molar-refractivity contribution < 1.29 is 13.9 Å². The minimum Gasteiger partial charge on any atom is -0.494 e. The molecule has 3 aromatic rings. The molecule has 1 N–H and O–H groups in total. The molecule has 0 unspecified atom stereocenters. The van der Waals surface area contributed by atoms with Crippen molar-refractivity contribution in [2.45, 2.75) is 18.8 Å². The maximum atomic E-state index is 13.8. The highest BCUT2D eigenvalue weighted by Gasteiger charge is 2.28. The molecule has 7 heteroatoms. The summed E-state index contributed by atoms with van der Waals surface area (Å²) >= 11 is 0. The van der Waals surface area contributed by atoms with E-state index < -0.39 is 5.82 Å². The summed E-state index contributed by atoms with van der Waals surface area (Å²) in [5, 5.41) is 0.554. The number of H-pyrrole nitrogens is 1. The zero-order valence-electron chi connectivity index (χ0n) is 15.4. The number of halogens is 1. The largest absolute Gasteiger partial charge is 0.494 e. The van der Waals surface area contributed by atoms with Crippen molar-refractivity contribution in [3.05, 3.63) is 70.0 Å². The van der Waals surface area contributed by atoms with Crippen molar-refractivity contribution in [1.29, 1.82) is 0 Å². The number of nitrogens with zero attached hydrogens (tertiary/aromatic N) is 2. The SMILES string of the molecule is COc1ccc(CC(=O)N2CC[C@H](c3cc4ncccc4c(=O)[nH]3)C2)cc1F. The Balaban J connectivity index is 1.47. The fourth-order valence-electron chi connectivity index (χ4n) is 3.67. The maximum absolute atomic E-state index is 13.8. The van der Waals surface area contributed by atoms with E-state index in [2.05, 4.69) is 9.97 Å². The molecule has 1 atom stereocenters. The third kappa shape index (κ3) is 3.47. The molecule has 4 rings (SSSR count). The summed E-state index contributed by atoms with van der Waals surface area (Å²) in [5.74, 6) is -0.330. The number of carbonyl (C=O) groups is 1. The Morgan fingerprint density at radius 1 is 1.36 bits per heavy atom. The Morgan fingerprint density at radius 3 is 3.00 bits per heavy atom. The maximum Gasteiger partial charge on any atom is 0.257 e. The first-order chi connectivity index (χ1) is 13.5. The van der Waals surface area contributed by atoms with Crippen LogP contribution in [-0.4, -0.2) is 41.0 Å². The fraction of sp³-hybridized carbons (Fsp3) is 0.286. The number of hydrogen-bond donors (Lipinski definition) is 1. The highest BCUT2D eigenvalue weighted by Crippen LogP contribution is 2.27. The predicted molar refractivity (Wildman–Crippen MR) is 103 cm³/mol. The van der Waals surface area contributed by atoms with Crippen LogP contribution in [0.25, 0.3) is 10.9 Å². The first-order valence-electron chi connectivity index (χ1n) is 9.13. The molecule has 1 fully saturated rings. The van der Waals surface area contributed by atoms with Crippen LogP contribution in [0.1, 0.15) is 23.6 Å². The summed E-state index contributed by atoms with van der Waals surface area (Å²) in [6.07, 6.45) is 2.55. The van der Waals surface area contributed by atoms with Gasteiger partial charge in [0.05, 0.1) is 24.4 Å². The highest BCUT2D eigenvalue weighted by atomic mass is 19.1. The van der Waals surface area contributed by atoms with Gasteiger partial charge in [0.2, 0.25) is 5.91 Å². The molecule has 2 aromatic heterocycles. The van der Waals surface area contributed by atoms with Gasteiger partial charge in [-0.1, -0.05) is 6.07 Å². The molecule has 144 valence electrons. The molecule has 0 radical (unpaired) electrons. The molecular weight excluding hydrogens is 361 g/mol. The average Bonchev–Trinajstić information content (AvgIpc) is 3.19. The van der Waals surface area contributed by atoms with Crippen molar-refractivity contribution in [1.82, 2.24) is 14.9 Å². The number of hydrogen-bond acceptors (Lipinski definition) is 4. The third-order valence-corrected chi connectivity index (χ3v) is 5.19. The first-order valence-corrected chi connectivity index (χ1v) is 9.13. The smallest absolute Gasteiger partial charge is 0.257 e. The van der Waals surface area contributed by atoms with Crippen molar-refractivity contribution in [3.8, 4) is 5.75 Å². The van der Waals surface area contributed by atoms with E-state index in [4.69, 9.17) is 4.74 Å². The van der Waals surface area contributed by atoms with Crippen LogP contribution in [0.3, 0.4) is 0 Å². The van der Waals surface area contributed by atoms with E-state index in [0.717, 1.165) is 12.1 Å². The molecule has 1 saturated heterocycles. The van der Waals surface area contributed by atoms with Gasteiger partial charge in [0, 0.05) is 30.9 Å². The number of ether oxygens (including phenoxy) is 1. The van der Waals surface area contributed by atoms with Gasteiger partial charge in [0.1, 0.15) is 0 Å². The number of amides is 1.